The Kier molecular flexibility index (Phi) is 14.3. The zero-order chi connectivity index (χ0) is 48.2. The molecule has 0 saturated carbocycles. The number of hydrogen-bond donors (Lipinski definition) is 4. The molecule has 5 aliphatic rings. The summed E-state index contributed by atoms with van der Waals surface area (Å²) in [6, 6.07) is 7.06. The Hall–Kier alpha value is -6.78. The van der Waals surface area contributed by atoms with Crippen LogP contribution in [0.2, 0.25) is 0 Å². The van der Waals surface area contributed by atoms with Gasteiger partial charge in [-0.05, 0) is 73.6 Å². The number of fused-ring (bicyclic) bond motifs is 3. The first-order chi connectivity index (χ1) is 33.5. The van der Waals surface area contributed by atoms with E-state index >= 15 is 0 Å². The highest BCUT2D eigenvalue weighted by Crippen LogP contribution is 2.44. The molecule has 2 fully saturated rings. The number of benzene rings is 2. The highest BCUT2D eigenvalue weighted by atomic mass is 19.3. The molecule has 0 spiro atoms. The van der Waals surface area contributed by atoms with Gasteiger partial charge in [0.2, 0.25) is 17.7 Å². The molecule has 2 saturated heterocycles. The third-order valence-electron chi connectivity index (χ3n) is 13.2. The molecule has 69 heavy (non-hydrogen) atoms. The average Bonchev–Trinajstić information content (AvgIpc) is 4.05. The number of imide groups is 2. The van der Waals surface area contributed by atoms with Crippen LogP contribution in [-0.2, 0) is 54.5 Å². The van der Waals surface area contributed by atoms with Gasteiger partial charge in [0.05, 0.1) is 56.3 Å². The number of hydrogen-bond acceptors (Lipinski definition) is 13. The SMILES string of the molecule is CNC(=O)N1CCc2c(c(N3CCCc4cc(-c5cnn(CC(=O)NCCOCCOCCNc6ccc7c(c6)C(=O)N(C6CCC(=O)NC6=O)C7=O)c5)c(C(F)F)cc43)nn2C2CCOCC2)C1. The molecule has 366 valence electrons. The van der Waals surface area contributed by atoms with Crippen LogP contribution >= 0.6 is 0 Å². The number of piperidine rings is 1. The predicted molar refractivity (Wildman–Crippen MR) is 244 cm³/mol. The number of nitrogens with zero attached hydrogens (tertiary/aromatic N) is 7. The summed E-state index contributed by atoms with van der Waals surface area (Å²) in [7, 11) is 1.61. The largest absolute Gasteiger partial charge is 0.383 e. The maximum atomic E-state index is 15.0. The molecule has 4 N–H and O–H groups in total. The molecule has 0 aliphatic carbocycles. The van der Waals surface area contributed by atoms with Gasteiger partial charge in [-0.3, -0.25) is 43.6 Å². The van der Waals surface area contributed by atoms with E-state index in [-0.39, 0.29) is 80.4 Å². The van der Waals surface area contributed by atoms with E-state index in [1.54, 1.807) is 36.3 Å². The summed E-state index contributed by atoms with van der Waals surface area (Å²) >= 11 is 0. The lowest BCUT2D eigenvalue weighted by Gasteiger charge is -2.33. The van der Waals surface area contributed by atoms with Crippen LogP contribution in [0.4, 0.5) is 30.8 Å². The lowest BCUT2D eigenvalue weighted by atomic mass is 9.92. The molecule has 0 radical (unpaired) electrons. The van der Waals surface area contributed by atoms with Gasteiger partial charge in [0.1, 0.15) is 12.6 Å². The summed E-state index contributed by atoms with van der Waals surface area (Å²) in [6.45, 7) is 4.37. The fourth-order valence-corrected chi connectivity index (χ4v) is 9.73. The van der Waals surface area contributed by atoms with Gasteiger partial charge >= 0.3 is 6.03 Å². The van der Waals surface area contributed by atoms with Crippen molar-refractivity contribution in [1.29, 1.82) is 0 Å². The molecule has 4 aromatic rings. The molecule has 7 heterocycles. The van der Waals surface area contributed by atoms with Gasteiger partial charge in [-0.25, -0.2) is 13.6 Å². The number of aromatic nitrogens is 4. The number of halogens is 2. The molecule has 5 aliphatic heterocycles. The maximum Gasteiger partial charge on any atom is 0.317 e. The van der Waals surface area contributed by atoms with Gasteiger partial charge in [-0.2, -0.15) is 10.2 Å². The number of urea groups is 1. The number of carbonyl (C=O) groups excluding carboxylic acids is 6. The van der Waals surface area contributed by atoms with Crippen LogP contribution in [0.15, 0.2) is 42.7 Å². The van der Waals surface area contributed by atoms with Gasteiger partial charge in [0.15, 0.2) is 5.82 Å². The molecule has 0 bridgehead atoms. The van der Waals surface area contributed by atoms with Gasteiger partial charge < -0.3 is 40.0 Å². The lowest BCUT2D eigenvalue weighted by molar-refractivity contribution is -0.136. The van der Waals surface area contributed by atoms with Gasteiger partial charge in [0.25, 0.3) is 18.2 Å². The second-order valence-corrected chi connectivity index (χ2v) is 17.5. The predicted octanol–water partition coefficient (Wildman–Crippen LogP) is 3.48. The second-order valence-electron chi connectivity index (χ2n) is 17.5. The normalized spacial score (nSPS) is 18.3. The van der Waals surface area contributed by atoms with Crippen molar-refractivity contribution in [2.24, 2.45) is 0 Å². The van der Waals surface area contributed by atoms with Crippen molar-refractivity contribution in [2.45, 2.75) is 76.5 Å². The summed E-state index contributed by atoms with van der Waals surface area (Å²) in [5.41, 5.74) is 5.22. The number of anilines is 3. The standard InChI is InChI=1S/C47H55F2N11O9/c1-50-47(66)56-14-8-37-36(26-56)43(55-60(37)31-9-15-67-16-10-31)58-13-2-3-28-21-33(34(42(48)49)23-39(28)58)29-24-53-57(25-29)27-41(62)52-12-18-69-20-19-68-17-11-51-30-4-5-32-35(22-30)46(65)59(45(32)64)38-6-7-40(61)54-44(38)63/h4-5,21-25,31,38,42,51H,2-3,6-20,26-27H2,1H3,(H,50,66)(H,52,62)(H,54,61,63). The molecular formula is C47H55F2N11O9. The minimum atomic E-state index is -2.79. The number of aryl methyl sites for hydroxylation is 1. The fraction of sp³-hybridized carbons (Fsp3) is 0.489. The fourth-order valence-electron chi connectivity index (χ4n) is 9.73. The van der Waals surface area contributed by atoms with Crippen molar-refractivity contribution in [3.05, 3.63) is 76.2 Å². The maximum absolute atomic E-state index is 15.0. The lowest BCUT2D eigenvalue weighted by Crippen LogP contribution is -2.54. The van der Waals surface area contributed by atoms with E-state index in [0.717, 1.165) is 41.0 Å². The highest BCUT2D eigenvalue weighted by Gasteiger charge is 2.45. The zero-order valence-electron chi connectivity index (χ0n) is 38.3. The first-order valence-electron chi connectivity index (χ1n) is 23.4. The van der Waals surface area contributed by atoms with E-state index in [9.17, 15) is 37.5 Å². The number of rotatable bonds is 17. The van der Waals surface area contributed by atoms with Crippen molar-refractivity contribution in [2.75, 3.05) is 83.1 Å². The van der Waals surface area contributed by atoms with Crippen LogP contribution in [0.3, 0.4) is 0 Å². The van der Waals surface area contributed by atoms with Gasteiger partial charge in [0, 0.05) is 99.2 Å². The summed E-state index contributed by atoms with van der Waals surface area (Å²) in [4.78, 5) is 80.2. The van der Waals surface area contributed by atoms with Crippen LogP contribution in [0.25, 0.3) is 11.1 Å². The zero-order valence-corrected chi connectivity index (χ0v) is 38.3. The summed E-state index contributed by atoms with van der Waals surface area (Å²) < 4.78 is 50.3. The third kappa shape index (κ3) is 10.0. The number of carbonyl (C=O) groups is 6. The monoisotopic (exact) mass is 955 g/mol. The smallest absolute Gasteiger partial charge is 0.317 e. The van der Waals surface area contributed by atoms with E-state index in [0.29, 0.717) is 87.2 Å². The van der Waals surface area contributed by atoms with Gasteiger partial charge in [-0.1, -0.05) is 0 Å². The van der Waals surface area contributed by atoms with Crippen molar-refractivity contribution in [1.82, 2.24) is 45.3 Å². The molecular weight excluding hydrogens is 901 g/mol. The third-order valence-corrected chi connectivity index (χ3v) is 13.2. The van der Waals surface area contributed by atoms with Crippen molar-refractivity contribution >= 4 is 52.8 Å². The highest BCUT2D eigenvalue weighted by molar-refractivity contribution is 6.23. The Labute approximate surface area is 395 Å². The van der Waals surface area contributed by atoms with E-state index in [4.69, 9.17) is 19.3 Å². The summed E-state index contributed by atoms with van der Waals surface area (Å²) in [6.07, 6.45) is 4.16. The molecule has 9 rings (SSSR count). The number of amides is 7. The molecule has 20 nitrogen and oxygen atoms in total. The number of nitrogens with one attached hydrogen (secondary N) is 4. The van der Waals surface area contributed by atoms with Crippen LogP contribution in [0.5, 0.6) is 0 Å². The quantitative estimate of drug-likeness (QED) is 0.0881. The van der Waals surface area contributed by atoms with Crippen LogP contribution < -0.4 is 26.2 Å². The Bertz CT molecular complexity index is 2630. The van der Waals surface area contributed by atoms with E-state index in [2.05, 4.69) is 31.0 Å². The average molecular weight is 956 g/mol. The molecule has 7 amide bonds. The van der Waals surface area contributed by atoms with E-state index < -0.39 is 36.1 Å². The molecule has 2 aromatic carbocycles. The molecule has 22 heteroatoms. The first kappa shape index (κ1) is 47.3. The number of ether oxygens (including phenoxy) is 3. The van der Waals surface area contributed by atoms with Crippen molar-refractivity contribution < 1.29 is 51.8 Å². The molecule has 2 aromatic heterocycles. The Morgan fingerprint density at radius 3 is 2.46 bits per heavy atom. The minimum absolute atomic E-state index is 0.0434. The molecule has 1 atom stereocenters. The van der Waals surface area contributed by atoms with E-state index in [1.807, 2.05) is 11.0 Å². The van der Waals surface area contributed by atoms with Crippen molar-refractivity contribution in [3.63, 3.8) is 0 Å². The Balaban J connectivity index is 0.735. The minimum Gasteiger partial charge on any atom is -0.383 e. The van der Waals surface area contributed by atoms with Crippen LogP contribution in [0.1, 0.15) is 87.7 Å². The topological polar surface area (TPSA) is 224 Å². The Morgan fingerprint density at radius 2 is 1.70 bits per heavy atom. The summed E-state index contributed by atoms with van der Waals surface area (Å²) in [5.74, 6) is -1.89. The van der Waals surface area contributed by atoms with Crippen molar-refractivity contribution in [3.8, 4) is 11.1 Å². The van der Waals surface area contributed by atoms with E-state index in [1.165, 1.54) is 16.9 Å². The second kappa shape index (κ2) is 20.8. The molecule has 1 unspecified atom stereocenters. The number of alkyl halides is 2. The summed E-state index contributed by atoms with van der Waals surface area (Å²) in [5, 5.41) is 20.3. The van der Waals surface area contributed by atoms with Crippen LogP contribution in [-0.4, -0.2) is 144 Å². The van der Waals surface area contributed by atoms with Gasteiger partial charge in [-0.15, -0.1) is 0 Å². The Morgan fingerprint density at radius 1 is 0.913 bits per heavy atom. The van der Waals surface area contributed by atoms with Crippen LogP contribution in [0, 0.1) is 0 Å². The first-order valence-corrected chi connectivity index (χ1v) is 23.4.